The van der Waals surface area contributed by atoms with Gasteiger partial charge in [0.25, 0.3) is 0 Å². The molecular weight excluding hydrogens is 150 g/mol. The average molecular weight is 167 g/mol. The van der Waals surface area contributed by atoms with E-state index in [4.69, 9.17) is 0 Å². The molecule has 3 nitrogen and oxygen atoms in total. The van der Waals surface area contributed by atoms with Crippen molar-refractivity contribution in [2.45, 2.75) is 18.0 Å². The maximum atomic E-state index is 2.54. The second-order valence-corrected chi connectivity index (χ2v) is 4.84. The summed E-state index contributed by atoms with van der Waals surface area (Å²) < 4.78 is 0. The molecule has 3 rings (SSSR count). The second kappa shape index (κ2) is 1.86. The van der Waals surface area contributed by atoms with Gasteiger partial charge >= 0.3 is 0 Å². The summed E-state index contributed by atoms with van der Waals surface area (Å²) >= 11 is 0. The standard InChI is InChI=1S/C9H17N3/c1-10(2)9-4-7-5-11(3)12(6-9)8(7)9/h7-8H,4-6H2,1-3H3/t7-,8+,9?/m1/s1. The minimum Gasteiger partial charge on any atom is -0.301 e. The SMILES string of the molecule is CN1C[C@H]2CC3(N(C)C)CN1[C@@H]23. The van der Waals surface area contributed by atoms with Crippen molar-refractivity contribution in [1.29, 1.82) is 0 Å². The number of nitrogens with zero attached hydrogens (tertiary/aromatic N) is 3. The highest BCUT2D eigenvalue weighted by Gasteiger charge is 2.69. The van der Waals surface area contributed by atoms with Gasteiger partial charge in [0.15, 0.2) is 0 Å². The third-order valence-electron chi connectivity index (χ3n) is 4.20. The Balaban J connectivity index is 1.86. The van der Waals surface area contributed by atoms with Crippen molar-refractivity contribution in [2.75, 3.05) is 34.2 Å². The van der Waals surface area contributed by atoms with Crippen LogP contribution in [0.3, 0.4) is 0 Å². The van der Waals surface area contributed by atoms with Gasteiger partial charge in [0, 0.05) is 26.2 Å². The van der Waals surface area contributed by atoms with Gasteiger partial charge in [-0.3, -0.25) is 0 Å². The van der Waals surface area contributed by atoms with Crippen LogP contribution in [0.5, 0.6) is 0 Å². The maximum absolute atomic E-state index is 2.54. The number of hydrazine groups is 1. The molecule has 2 aliphatic heterocycles. The van der Waals surface area contributed by atoms with Crippen molar-refractivity contribution < 1.29 is 0 Å². The molecule has 2 heterocycles. The molecule has 0 aromatic heterocycles. The van der Waals surface area contributed by atoms with Gasteiger partial charge in [0.1, 0.15) is 0 Å². The fraction of sp³-hybridized carbons (Fsp3) is 1.00. The normalized spacial score (nSPS) is 52.0. The van der Waals surface area contributed by atoms with Crippen LogP contribution in [0.25, 0.3) is 0 Å². The topological polar surface area (TPSA) is 9.72 Å². The molecule has 3 aliphatic rings. The molecule has 2 saturated heterocycles. The Bertz CT molecular complexity index is 228. The third kappa shape index (κ3) is 0.543. The average Bonchev–Trinajstić information content (AvgIpc) is 2.14. The summed E-state index contributed by atoms with van der Waals surface area (Å²) in [5, 5.41) is 4.94. The van der Waals surface area contributed by atoms with Crippen LogP contribution >= 0.6 is 0 Å². The zero-order valence-electron chi connectivity index (χ0n) is 8.12. The molecule has 3 fully saturated rings. The Kier molecular flexibility index (Phi) is 1.13. The van der Waals surface area contributed by atoms with Gasteiger partial charge in [0.2, 0.25) is 0 Å². The van der Waals surface area contributed by atoms with E-state index in [1.165, 1.54) is 19.5 Å². The van der Waals surface area contributed by atoms with Gasteiger partial charge in [-0.15, -0.1) is 0 Å². The number of rotatable bonds is 1. The van der Waals surface area contributed by atoms with Gasteiger partial charge in [-0.1, -0.05) is 0 Å². The highest BCUT2D eigenvalue weighted by molar-refractivity contribution is 5.24. The number of likely N-dealkylation sites (N-methyl/N-ethyl adjacent to an activating group) is 1. The Labute approximate surface area is 73.9 Å². The van der Waals surface area contributed by atoms with Crippen LogP contribution in [0.4, 0.5) is 0 Å². The summed E-state index contributed by atoms with van der Waals surface area (Å²) in [6, 6.07) is 0.859. The molecule has 0 amide bonds. The van der Waals surface area contributed by atoms with Crippen molar-refractivity contribution in [3.05, 3.63) is 0 Å². The van der Waals surface area contributed by atoms with E-state index < -0.39 is 0 Å². The zero-order valence-corrected chi connectivity index (χ0v) is 8.12. The van der Waals surface area contributed by atoms with Crippen molar-refractivity contribution in [1.82, 2.24) is 14.9 Å². The van der Waals surface area contributed by atoms with Crippen molar-refractivity contribution >= 4 is 0 Å². The van der Waals surface area contributed by atoms with Crippen molar-refractivity contribution in [3.63, 3.8) is 0 Å². The van der Waals surface area contributed by atoms with E-state index >= 15 is 0 Å². The van der Waals surface area contributed by atoms with Gasteiger partial charge in [-0.25, -0.2) is 10.0 Å². The lowest BCUT2D eigenvalue weighted by Crippen LogP contribution is -2.82. The predicted molar refractivity (Wildman–Crippen MR) is 47.6 cm³/mol. The molecule has 1 unspecified atom stereocenters. The third-order valence-corrected chi connectivity index (χ3v) is 4.20. The summed E-state index contributed by atoms with van der Waals surface area (Å²) in [5.74, 6) is 0.964. The molecule has 0 radical (unpaired) electrons. The predicted octanol–water partition coefficient (Wildman–Crippen LogP) is -0.149. The first-order valence-electron chi connectivity index (χ1n) is 4.80. The highest BCUT2D eigenvalue weighted by atomic mass is 15.7. The first kappa shape index (κ1) is 7.30. The Hall–Kier alpha value is -0.120. The monoisotopic (exact) mass is 167 g/mol. The number of hydrogen-bond acceptors (Lipinski definition) is 3. The molecule has 0 aromatic rings. The molecule has 1 saturated carbocycles. The number of hydrogen-bond donors (Lipinski definition) is 0. The van der Waals surface area contributed by atoms with E-state index in [9.17, 15) is 0 Å². The summed E-state index contributed by atoms with van der Waals surface area (Å²) in [5.41, 5.74) is 0.565. The lowest BCUT2D eigenvalue weighted by Gasteiger charge is -2.67. The van der Waals surface area contributed by atoms with E-state index in [-0.39, 0.29) is 0 Å². The summed E-state index contributed by atoms with van der Waals surface area (Å²) in [6.07, 6.45) is 1.42. The number of piperidine rings is 1. The van der Waals surface area contributed by atoms with Gasteiger partial charge in [-0.2, -0.15) is 0 Å². The molecule has 0 aromatic carbocycles. The first-order chi connectivity index (χ1) is 5.65. The lowest BCUT2D eigenvalue weighted by atomic mass is 9.58. The second-order valence-electron chi connectivity index (χ2n) is 4.84. The van der Waals surface area contributed by atoms with Crippen LogP contribution in [0, 0.1) is 5.92 Å². The van der Waals surface area contributed by atoms with E-state index in [0.29, 0.717) is 5.54 Å². The molecule has 12 heavy (non-hydrogen) atoms. The largest absolute Gasteiger partial charge is 0.301 e. The van der Waals surface area contributed by atoms with Crippen molar-refractivity contribution in [2.24, 2.45) is 5.92 Å². The minimum atomic E-state index is 0.565. The van der Waals surface area contributed by atoms with E-state index in [1.54, 1.807) is 0 Å². The van der Waals surface area contributed by atoms with Crippen LogP contribution in [-0.2, 0) is 0 Å². The highest BCUT2D eigenvalue weighted by Crippen LogP contribution is 2.56. The van der Waals surface area contributed by atoms with Gasteiger partial charge in [-0.05, 0) is 26.4 Å². The van der Waals surface area contributed by atoms with Crippen LogP contribution in [0.1, 0.15) is 6.42 Å². The fourth-order valence-corrected chi connectivity index (χ4v) is 3.44. The van der Waals surface area contributed by atoms with Gasteiger partial charge < -0.3 is 4.90 Å². The van der Waals surface area contributed by atoms with Crippen molar-refractivity contribution in [3.8, 4) is 0 Å². The summed E-state index contributed by atoms with van der Waals surface area (Å²) in [6.45, 7) is 2.55. The molecular formula is C9H17N3. The molecule has 3 heteroatoms. The molecule has 0 bridgehead atoms. The minimum absolute atomic E-state index is 0.565. The summed E-state index contributed by atoms with van der Waals surface area (Å²) in [4.78, 5) is 2.43. The van der Waals surface area contributed by atoms with Crippen LogP contribution in [0.15, 0.2) is 0 Å². The van der Waals surface area contributed by atoms with E-state index in [0.717, 1.165) is 12.0 Å². The van der Waals surface area contributed by atoms with Crippen LogP contribution in [-0.4, -0.2) is 60.7 Å². The van der Waals surface area contributed by atoms with Crippen LogP contribution in [0.2, 0.25) is 0 Å². The zero-order chi connectivity index (χ0) is 8.51. The first-order valence-corrected chi connectivity index (χ1v) is 4.80. The Morgan fingerprint density at radius 1 is 1.42 bits per heavy atom. The molecule has 0 spiro atoms. The summed E-state index contributed by atoms with van der Waals surface area (Å²) in [7, 11) is 6.68. The quantitative estimate of drug-likeness (QED) is 0.538. The molecule has 0 N–H and O–H groups in total. The molecule has 3 atom stereocenters. The maximum Gasteiger partial charge on any atom is 0.0521 e. The fourth-order valence-electron chi connectivity index (χ4n) is 3.44. The van der Waals surface area contributed by atoms with E-state index in [1.807, 2.05) is 0 Å². The lowest BCUT2D eigenvalue weighted by molar-refractivity contribution is -0.205. The molecule has 68 valence electrons. The smallest absolute Gasteiger partial charge is 0.0521 e. The van der Waals surface area contributed by atoms with Gasteiger partial charge in [0.05, 0.1) is 5.54 Å². The van der Waals surface area contributed by atoms with Crippen LogP contribution < -0.4 is 0 Å². The molecule has 1 aliphatic carbocycles. The Morgan fingerprint density at radius 3 is 2.75 bits per heavy atom. The Morgan fingerprint density at radius 2 is 2.17 bits per heavy atom. The van der Waals surface area contributed by atoms with E-state index in [2.05, 4.69) is 36.1 Å².